The molecule has 0 radical (unpaired) electrons. The second kappa shape index (κ2) is 4.88. The van der Waals surface area contributed by atoms with E-state index in [0.717, 1.165) is 31.6 Å². The molecule has 0 spiro atoms. The maximum absolute atomic E-state index is 6.39. The molecule has 0 saturated heterocycles. The van der Waals surface area contributed by atoms with Crippen LogP contribution in [-0.2, 0) is 5.54 Å². The van der Waals surface area contributed by atoms with E-state index in [1.54, 1.807) is 0 Å². The van der Waals surface area contributed by atoms with Gasteiger partial charge in [0.25, 0.3) is 0 Å². The Morgan fingerprint density at radius 3 is 2.38 bits per heavy atom. The largest absolute Gasteiger partial charge is 0.494 e. The first-order valence-electron chi connectivity index (χ1n) is 6.27. The van der Waals surface area contributed by atoms with Crippen molar-refractivity contribution in [3.8, 4) is 5.75 Å². The Kier molecular flexibility index (Phi) is 3.49. The van der Waals surface area contributed by atoms with Crippen LogP contribution in [0.1, 0.15) is 44.6 Å². The molecule has 0 amide bonds. The summed E-state index contributed by atoms with van der Waals surface area (Å²) in [6.07, 6.45) is 5.78. The molecular formula is C14H21NO. The first kappa shape index (κ1) is 11.5. The molecule has 1 aromatic rings. The molecule has 0 aliphatic heterocycles. The topological polar surface area (TPSA) is 35.2 Å². The Bertz CT molecular complexity index is 325. The minimum absolute atomic E-state index is 0.0801. The molecule has 1 saturated carbocycles. The lowest BCUT2D eigenvalue weighted by Crippen LogP contribution is -2.32. The molecule has 16 heavy (non-hydrogen) atoms. The molecule has 2 N–H and O–H groups in total. The van der Waals surface area contributed by atoms with E-state index in [9.17, 15) is 0 Å². The third kappa shape index (κ3) is 2.38. The van der Waals surface area contributed by atoms with Crippen molar-refractivity contribution in [1.29, 1.82) is 0 Å². The maximum atomic E-state index is 6.39. The van der Waals surface area contributed by atoms with Gasteiger partial charge in [0.05, 0.1) is 6.61 Å². The van der Waals surface area contributed by atoms with Crippen molar-refractivity contribution in [2.24, 2.45) is 5.73 Å². The summed E-state index contributed by atoms with van der Waals surface area (Å²) in [4.78, 5) is 0. The van der Waals surface area contributed by atoms with E-state index in [1.807, 2.05) is 12.1 Å². The van der Waals surface area contributed by atoms with E-state index in [0.29, 0.717) is 0 Å². The molecule has 0 heterocycles. The lowest BCUT2D eigenvalue weighted by molar-refractivity contribution is 0.317. The summed E-state index contributed by atoms with van der Waals surface area (Å²) < 4.78 is 5.56. The molecule has 1 fully saturated rings. The van der Waals surface area contributed by atoms with Crippen molar-refractivity contribution in [2.75, 3.05) is 6.61 Å². The summed E-state index contributed by atoms with van der Waals surface area (Å²) in [5, 5.41) is 0. The highest BCUT2D eigenvalue weighted by Crippen LogP contribution is 2.36. The smallest absolute Gasteiger partial charge is 0.119 e. The first-order chi connectivity index (χ1) is 7.74. The van der Waals surface area contributed by atoms with Gasteiger partial charge in [-0.05, 0) is 37.0 Å². The van der Waals surface area contributed by atoms with Crippen molar-refractivity contribution in [2.45, 2.75) is 44.6 Å². The van der Waals surface area contributed by atoms with Crippen LogP contribution >= 0.6 is 0 Å². The van der Waals surface area contributed by atoms with E-state index in [1.165, 1.54) is 18.4 Å². The Hall–Kier alpha value is -1.02. The van der Waals surface area contributed by atoms with Crippen molar-refractivity contribution in [3.63, 3.8) is 0 Å². The second-order valence-corrected chi connectivity index (χ2v) is 4.74. The summed E-state index contributed by atoms with van der Waals surface area (Å²) in [5.74, 6) is 0.951. The van der Waals surface area contributed by atoms with Crippen LogP contribution in [0.15, 0.2) is 24.3 Å². The molecule has 1 aliphatic carbocycles. The van der Waals surface area contributed by atoms with Gasteiger partial charge in [0.15, 0.2) is 0 Å². The Labute approximate surface area is 97.8 Å². The molecule has 0 bridgehead atoms. The third-order valence-electron chi connectivity index (χ3n) is 3.40. The van der Waals surface area contributed by atoms with Gasteiger partial charge < -0.3 is 10.5 Å². The standard InChI is InChI=1S/C14H21NO/c1-2-11-16-13-7-5-12(6-8-13)14(15)9-3-4-10-14/h5-8H,2-4,9-11,15H2,1H3. The molecule has 2 nitrogen and oxygen atoms in total. The highest BCUT2D eigenvalue weighted by Gasteiger charge is 2.30. The fraction of sp³-hybridized carbons (Fsp3) is 0.571. The Balaban J connectivity index is 2.06. The molecule has 0 aromatic heterocycles. The number of nitrogens with two attached hydrogens (primary N) is 1. The number of ether oxygens (including phenoxy) is 1. The number of rotatable bonds is 4. The molecule has 88 valence electrons. The maximum Gasteiger partial charge on any atom is 0.119 e. The van der Waals surface area contributed by atoms with Crippen molar-refractivity contribution < 1.29 is 4.74 Å². The van der Waals surface area contributed by atoms with Crippen LogP contribution in [-0.4, -0.2) is 6.61 Å². The SMILES string of the molecule is CCCOc1ccc(C2(N)CCCC2)cc1. The van der Waals surface area contributed by atoms with Crippen molar-refractivity contribution >= 4 is 0 Å². The predicted octanol–water partition coefficient (Wildman–Crippen LogP) is 3.20. The predicted molar refractivity (Wildman–Crippen MR) is 66.6 cm³/mol. The zero-order chi connectivity index (χ0) is 11.4. The molecule has 1 aromatic carbocycles. The summed E-state index contributed by atoms with van der Waals surface area (Å²) in [7, 11) is 0. The minimum atomic E-state index is -0.0801. The van der Waals surface area contributed by atoms with Crippen molar-refractivity contribution in [1.82, 2.24) is 0 Å². The average molecular weight is 219 g/mol. The lowest BCUT2D eigenvalue weighted by atomic mass is 9.89. The van der Waals surface area contributed by atoms with Gasteiger partial charge in [-0.2, -0.15) is 0 Å². The monoisotopic (exact) mass is 219 g/mol. The van der Waals surface area contributed by atoms with Gasteiger partial charge in [0, 0.05) is 5.54 Å². The van der Waals surface area contributed by atoms with Gasteiger partial charge in [0.1, 0.15) is 5.75 Å². The molecule has 1 aliphatic rings. The van der Waals surface area contributed by atoms with E-state index in [-0.39, 0.29) is 5.54 Å². The zero-order valence-corrected chi connectivity index (χ0v) is 10.0. The summed E-state index contributed by atoms with van der Waals surface area (Å²) >= 11 is 0. The molecule has 0 unspecified atom stereocenters. The molecule has 2 rings (SSSR count). The third-order valence-corrected chi connectivity index (χ3v) is 3.40. The van der Waals surface area contributed by atoms with Crippen molar-refractivity contribution in [3.05, 3.63) is 29.8 Å². The first-order valence-corrected chi connectivity index (χ1v) is 6.27. The van der Waals surface area contributed by atoms with Crippen LogP contribution in [0.2, 0.25) is 0 Å². The number of benzene rings is 1. The van der Waals surface area contributed by atoms with Gasteiger partial charge in [-0.15, -0.1) is 0 Å². The van der Waals surface area contributed by atoms with Gasteiger partial charge in [-0.25, -0.2) is 0 Å². The Morgan fingerprint density at radius 1 is 1.19 bits per heavy atom. The fourth-order valence-corrected chi connectivity index (χ4v) is 2.40. The molecule has 0 atom stereocenters. The number of hydrogen-bond donors (Lipinski definition) is 1. The highest BCUT2D eigenvalue weighted by atomic mass is 16.5. The van der Waals surface area contributed by atoms with Crippen LogP contribution in [0, 0.1) is 0 Å². The van der Waals surface area contributed by atoms with E-state index >= 15 is 0 Å². The van der Waals surface area contributed by atoms with E-state index in [2.05, 4.69) is 19.1 Å². The normalized spacial score (nSPS) is 18.6. The Morgan fingerprint density at radius 2 is 1.81 bits per heavy atom. The second-order valence-electron chi connectivity index (χ2n) is 4.74. The molecule has 2 heteroatoms. The fourth-order valence-electron chi connectivity index (χ4n) is 2.40. The summed E-state index contributed by atoms with van der Waals surface area (Å²) in [6.45, 7) is 2.90. The minimum Gasteiger partial charge on any atom is -0.494 e. The van der Waals surface area contributed by atoms with Gasteiger partial charge in [-0.3, -0.25) is 0 Å². The van der Waals surface area contributed by atoms with Gasteiger partial charge in [0.2, 0.25) is 0 Å². The highest BCUT2D eigenvalue weighted by molar-refractivity contribution is 5.32. The lowest BCUT2D eigenvalue weighted by Gasteiger charge is -2.24. The van der Waals surface area contributed by atoms with Crippen LogP contribution in [0.3, 0.4) is 0 Å². The van der Waals surface area contributed by atoms with Crippen LogP contribution in [0.25, 0.3) is 0 Å². The zero-order valence-electron chi connectivity index (χ0n) is 10.0. The van der Waals surface area contributed by atoms with Gasteiger partial charge >= 0.3 is 0 Å². The molecular weight excluding hydrogens is 198 g/mol. The summed E-state index contributed by atoms with van der Waals surface area (Å²) in [6, 6.07) is 8.32. The number of hydrogen-bond acceptors (Lipinski definition) is 2. The summed E-state index contributed by atoms with van der Waals surface area (Å²) in [5.41, 5.74) is 7.57. The van der Waals surface area contributed by atoms with Gasteiger partial charge in [-0.1, -0.05) is 31.9 Å². The quantitative estimate of drug-likeness (QED) is 0.844. The van der Waals surface area contributed by atoms with E-state index in [4.69, 9.17) is 10.5 Å². The van der Waals surface area contributed by atoms with Crippen LogP contribution in [0.5, 0.6) is 5.75 Å². The van der Waals surface area contributed by atoms with E-state index < -0.39 is 0 Å². The average Bonchev–Trinajstić information content (AvgIpc) is 2.75. The van der Waals surface area contributed by atoms with Crippen LogP contribution in [0.4, 0.5) is 0 Å². The van der Waals surface area contributed by atoms with Crippen LogP contribution < -0.4 is 10.5 Å².